The van der Waals surface area contributed by atoms with Crippen LogP contribution in [-0.4, -0.2) is 18.1 Å². The second kappa shape index (κ2) is 6.59. The molecule has 110 valence electrons. The maximum Gasteiger partial charge on any atom is 0.239 e. The highest BCUT2D eigenvalue weighted by Gasteiger charge is 2.19. The number of rotatable bonds is 6. The molecule has 1 atom stereocenters. The molecule has 20 heavy (non-hydrogen) atoms. The molecule has 0 aliphatic heterocycles. The summed E-state index contributed by atoms with van der Waals surface area (Å²) in [5.41, 5.74) is 5.79. The number of ether oxygens (including phenoxy) is 1. The van der Waals surface area contributed by atoms with Gasteiger partial charge in [-0.2, -0.15) is 0 Å². The number of hydrogen-bond acceptors (Lipinski definition) is 3. The summed E-state index contributed by atoms with van der Waals surface area (Å²) in [5.74, 6) is -0.588. The number of hydrogen-bond donors (Lipinski definition) is 2. The molecule has 1 aliphatic rings. The first kappa shape index (κ1) is 14.6. The Morgan fingerprint density at radius 1 is 1.50 bits per heavy atom. The Morgan fingerprint density at radius 3 is 2.75 bits per heavy atom. The lowest BCUT2D eigenvalue weighted by molar-refractivity contribution is -0.118. The zero-order valence-electron chi connectivity index (χ0n) is 11.7. The molecule has 0 bridgehead atoms. The van der Waals surface area contributed by atoms with Gasteiger partial charge in [-0.05, 0) is 44.2 Å². The lowest BCUT2D eigenvalue weighted by Gasteiger charge is -2.17. The molecule has 1 fully saturated rings. The third-order valence-electron chi connectivity index (χ3n) is 3.62. The zero-order chi connectivity index (χ0) is 14.5. The Labute approximate surface area is 118 Å². The largest absolute Gasteiger partial charge is 0.487 e. The first-order chi connectivity index (χ1) is 9.60. The van der Waals surface area contributed by atoms with Crippen molar-refractivity contribution >= 4 is 11.6 Å². The molecular weight excluding hydrogens is 259 g/mol. The van der Waals surface area contributed by atoms with Gasteiger partial charge in [0.2, 0.25) is 5.91 Å². The predicted molar refractivity (Wildman–Crippen MR) is 76.2 cm³/mol. The fourth-order valence-corrected chi connectivity index (χ4v) is 2.45. The Morgan fingerprint density at radius 2 is 2.20 bits per heavy atom. The number of amides is 1. The minimum absolute atomic E-state index is 0.123. The highest BCUT2D eigenvalue weighted by molar-refractivity contribution is 5.82. The molecule has 1 aliphatic carbocycles. The smallest absolute Gasteiger partial charge is 0.239 e. The van der Waals surface area contributed by atoms with Gasteiger partial charge >= 0.3 is 0 Å². The van der Waals surface area contributed by atoms with Crippen LogP contribution in [0.5, 0.6) is 5.75 Å². The average molecular weight is 280 g/mol. The van der Waals surface area contributed by atoms with Gasteiger partial charge in [0.25, 0.3) is 0 Å². The van der Waals surface area contributed by atoms with Crippen LogP contribution in [0.15, 0.2) is 18.2 Å². The number of nitrogens with two attached hydrogens (primary N) is 1. The number of carbonyl (C=O) groups excluding carboxylic acids is 1. The van der Waals surface area contributed by atoms with Crippen molar-refractivity contribution in [2.75, 3.05) is 5.32 Å². The number of nitrogens with one attached hydrogen (secondary N) is 1. The average Bonchev–Trinajstić information content (AvgIpc) is 2.91. The third-order valence-corrected chi connectivity index (χ3v) is 3.62. The van der Waals surface area contributed by atoms with E-state index in [9.17, 15) is 9.18 Å². The van der Waals surface area contributed by atoms with Crippen molar-refractivity contribution < 1.29 is 13.9 Å². The number of carbonyl (C=O) groups is 1. The molecule has 1 aromatic rings. The molecule has 0 spiro atoms. The Hall–Kier alpha value is -1.78. The van der Waals surface area contributed by atoms with Gasteiger partial charge in [0, 0.05) is 11.8 Å². The summed E-state index contributed by atoms with van der Waals surface area (Å²) in [5, 5.41) is 2.92. The van der Waals surface area contributed by atoms with Crippen molar-refractivity contribution in [3.05, 3.63) is 24.0 Å². The quantitative estimate of drug-likeness (QED) is 0.842. The summed E-state index contributed by atoms with van der Waals surface area (Å²) >= 11 is 0. The molecule has 1 amide bonds. The van der Waals surface area contributed by atoms with Crippen LogP contribution in [-0.2, 0) is 4.79 Å². The third kappa shape index (κ3) is 3.62. The maximum absolute atomic E-state index is 14.0. The van der Waals surface area contributed by atoms with E-state index in [1.54, 1.807) is 12.1 Å². The van der Waals surface area contributed by atoms with Crippen LogP contribution in [0.1, 0.15) is 39.0 Å². The van der Waals surface area contributed by atoms with E-state index in [2.05, 4.69) is 5.32 Å². The first-order valence-electron chi connectivity index (χ1n) is 7.12. The van der Waals surface area contributed by atoms with Gasteiger partial charge in [0.15, 0.2) is 11.6 Å². The second-order valence-electron chi connectivity index (χ2n) is 5.18. The molecule has 1 unspecified atom stereocenters. The normalized spacial score (nSPS) is 16.9. The first-order valence-corrected chi connectivity index (χ1v) is 7.12. The van der Waals surface area contributed by atoms with Crippen LogP contribution in [0.4, 0.5) is 10.1 Å². The molecule has 0 heterocycles. The fourth-order valence-electron chi connectivity index (χ4n) is 2.45. The summed E-state index contributed by atoms with van der Waals surface area (Å²) in [4.78, 5) is 11.2. The molecule has 0 saturated heterocycles. The molecule has 4 nitrogen and oxygen atoms in total. The summed E-state index contributed by atoms with van der Waals surface area (Å²) in [6.45, 7) is 1.84. The van der Waals surface area contributed by atoms with Crippen LogP contribution >= 0.6 is 0 Å². The van der Waals surface area contributed by atoms with Crippen LogP contribution in [0.25, 0.3) is 0 Å². The lowest BCUT2D eigenvalue weighted by Crippen LogP contribution is -2.34. The Kier molecular flexibility index (Phi) is 4.82. The summed E-state index contributed by atoms with van der Waals surface area (Å²) < 4.78 is 19.6. The van der Waals surface area contributed by atoms with E-state index in [0.29, 0.717) is 12.1 Å². The van der Waals surface area contributed by atoms with Gasteiger partial charge in [-0.15, -0.1) is 0 Å². The standard InChI is InChI=1S/C15H21FN2O2/c1-2-13(15(17)19)18-10-7-8-14(12(16)9-10)20-11-5-3-4-6-11/h7-9,11,13,18H,2-6H2,1H3,(H2,17,19). The van der Waals surface area contributed by atoms with Crippen LogP contribution in [0.2, 0.25) is 0 Å². The molecule has 0 aromatic heterocycles. The molecule has 0 radical (unpaired) electrons. The van der Waals surface area contributed by atoms with Crippen molar-refractivity contribution in [3.8, 4) is 5.75 Å². The number of benzene rings is 1. The molecule has 3 N–H and O–H groups in total. The summed E-state index contributed by atoms with van der Waals surface area (Å²) in [6.07, 6.45) is 4.93. The van der Waals surface area contributed by atoms with Crippen molar-refractivity contribution in [2.45, 2.75) is 51.2 Å². The molecule has 5 heteroatoms. The zero-order valence-corrected chi connectivity index (χ0v) is 11.7. The van der Waals surface area contributed by atoms with Crippen molar-refractivity contribution in [1.29, 1.82) is 0 Å². The van der Waals surface area contributed by atoms with E-state index >= 15 is 0 Å². The maximum atomic E-state index is 14.0. The van der Waals surface area contributed by atoms with Crippen LogP contribution < -0.4 is 15.8 Å². The van der Waals surface area contributed by atoms with E-state index in [0.717, 1.165) is 25.7 Å². The van der Waals surface area contributed by atoms with E-state index < -0.39 is 17.8 Å². The summed E-state index contributed by atoms with van der Waals surface area (Å²) in [6, 6.07) is 4.16. The minimum Gasteiger partial charge on any atom is -0.487 e. The molecule has 1 aromatic carbocycles. The molecular formula is C15H21FN2O2. The van der Waals surface area contributed by atoms with Crippen LogP contribution in [0, 0.1) is 5.82 Å². The van der Waals surface area contributed by atoms with Gasteiger partial charge in [0.05, 0.1) is 6.10 Å². The van der Waals surface area contributed by atoms with Crippen molar-refractivity contribution in [1.82, 2.24) is 0 Å². The summed E-state index contributed by atoms with van der Waals surface area (Å²) in [7, 11) is 0. The lowest BCUT2D eigenvalue weighted by atomic mass is 10.2. The van der Waals surface area contributed by atoms with Crippen molar-refractivity contribution in [2.24, 2.45) is 5.73 Å². The number of halogens is 1. The van der Waals surface area contributed by atoms with E-state index in [1.807, 2.05) is 6.92 Å². The van der Waals surface area contributed by atoms with Gasteiger partial charge in [-0.3, -0.25) is 4.79 Å². The van der Waals surface area contributed by atoms with Gasteiger partial charge in [-0.25, -0.2) is 4.39 Å². The van der Waals surface area contributed by atoms with Crippen LogP contribution in [0.3, 0.4) is 0 Å². The topological polar surface area (TPSA) is 64.3 Å². The fraction of sp³-hybridized carbons (Fsp3) is 0.533. The van der Waals surface area contributed by atoms with Gasteiger partial charge in [0.1, 0.15) is 6.04 Å². The number of primary amides is 1. The minimum atomic E-state index is -0.490. The van der Waals surface area contributed by atoms with Crippen molar-refractivity contribution in [3.63, 3.8) is 0 Å². The van der Waals surface area contributed by atoms with Gasteiger partial charge < -0.3 is 15.8 Å². The monoisotopic (exact) mass is 280 g/mol. The van der Waals surface area contributed by atoms with E-state index in [-0.39, 0.29) is 11.9 Å². The highest BCUT2D eigenvalue weighted by atomic mass is 19.1. The highest BCUT2D eigenvalue weighted by Crippen LogP contribution is 2.27. The SMILES string of the molecule is CCC(Nc1ccc(OC2CCCC2)c(F)c1)C(N)=O. The predicted octanol–water partition coefficient (Wildman–Crippen LogP) is 2.82. The molecule has 2 rings (SSSR count). The second-order valence-corrected chi connectivity index (χ2v) is 5.18. The van der Waals surface area contributed by atoms with E-state index in [4.69, 9.17) is 10.5 Å². The Bertz CT molecular complexity index is 473. The Balaban J connectivity index is 2.02. The van der Waals surface area contributed by atoms with Gasteiger partial charge in [-0.1, -0.05) is 6.92 Å². The molecule has 1 saturated carbocycles. The van der Waals surface area contributed by atoms with E-state index in [1.165, 1.54) is 6.07 Å². The number of anilines is 1.